The van der Waals surface area contributed by atoms with Crippen molar-refractivity contribution in [3.05, 3.63) is 34.4 Å². The number of nitrogens with one attached hydrogen (secondary N) is 1. The van der Waals surface area contributed by atoms with Crippen molar-refractivity contribution in [1.82, 2.24) is 14.8 Å². The molecule has 158 valence electrons. The van der Waals surface area contributed by atoms with Crippen molar-refractivity contribution in [2.24, 2.45) is 11.7 Å². The first-order valence-electron chi connectivity index (χ1n) is 9.82. The van der Waals surface area contributed by atoms with Crippen molar-refractivity contribution in [2.75, 3.05) is 11.1 Å². The molecule has 1 atom stereocenters. The molecule has 0 radical (unpaired) electrons. The lowest BCUT2D eigenvalue weighted by atomic mass is 9.88. The van der Waals surface area contributed by atoms with Gasteiger partial charge in [-0.3, -0.25) is 14.2 Å². The van der Waals surface area contributed by atoms with E-state index in [4.69, 9.17) is 10.2 Å². The van der Waals surface area contributed by atoms with Crippen LogP contribution < -0.4 is 11.1 Å². The zero-order valence-electron chi connectivity index (χ0n) is 16.8. The van der Waals surface area contributed by atoms with Crippen molar-refractivity contribution in [3.8, 4) is 11.6 Å². The van der Waals surface area contributed by atoms with Gasteiger partial charge in [-0.05, 0) is 49.8 Å². The Morgan fingerprint density at radius 1 is 1.43 bits per heavy atom. The standard InChI is InChI=1S/C20H23N5O3S2/c1-3-25-18(13-5-4-8-28-13)23-24-20(25)29-10-15(26)22-19-16(17(21)27)12-7-6-11(2)9-14(12)30-19/h4-5,8,11H,3,6-7,9-10H2,1-2H3,(H2,21,27)(H,22,26)/t11-/m0/s1. The van der Waals surface area contributed by atoms with Crippen molar-refractivity contribution < 1.29 is 14.0 Å². The number of carbonyl (C=O) groups excluding carboxylic acids is 2. The summed E-state index contributed by atoms with van der Waals surface area (Å²) >= 11 is 2.76. The normalized spacial score (nSPS) is 15.7. The number of thiophene rings is 1. The van der Waals surface area contributed by atoms with E-state index in [9.17, 15) is 9.59 Å². The molecule has 4 rings (SSSR count). The fourth-order valence-electron chi connectivity index (χ4n) is 3.66. The quantitative estimate of drug-likeness (QED) is 0.537. The average molecular weight is 446 g/mol. The van der Waals surface area contributed by atoms with Gasteiger partial charge in [0, 0.05) is 11.4 Å². The molecule has 0 aliphatic heterocycles. The van der Waals surface area contributed by atoms with E-state index in [1.54, 1.807) is 12.3 Å². The first-order valence-corrected chi connectivity index (χ1v) is 11.6. The first kappa shape index (κ1) is 20.7. The maximum absolute atomic E-state index is 12.6. The molecular weight excluding hydrogens is 422 g/mol. The second-order valence-electron chi connectivity index (χ2n) is 7.28. The minimum atomic E-state index is -0.487. The topological polar surface area (TPSA) is 116 Å². The first-order chi connectivity index (χ1) is 14.5. The predicted octanol–water partition coefficient (Wildman–Crippen LogP) is 3.57. The molecule has 0 fully saturated rings. The number of aromatic nitrogens is 3. The third-order valence-corrected chi connectivity index (χ3v) is 7.25. The zero-order valence-corrected chi connectivity index (χ0v) is 18.4. The minimum absolute atomic E-state index is 0.146. The highest BCUT2D eigenvalue weighted by Crippen LogP contribution is 2.39. The third kappa shape index (κ3) is 4.01. The lowest BCUT2D eigenvalue weighted by Gasteiger charge is -2.18. The van der Waals surface area contributed by atoms with Gasteiger partial charge in [-0.25, -0.2) is 0 Å². The maximum atomic E-state index is 12.6. The smallest absolute Gasteiger partial charge is 0.251 e. The number of hydrogen-bond acceptors (Lipinski definition) is 7. The number of nitrogens with two attached hydrogens (primary N) is 1. The van der Waals surface area contributed by atoms with Gasteiger partial charge in [0.15, 0.2) is 16.7 Å². The van der Waals surface area contributed by atoms with Gasteiger partial charge >= 0.3 is 0 Å². The number of thioether (sulfide) groups is 1. The molecule has 0 unspecified atom stereocenters. The number of hydrogen-bond donors (Lipinski definition) is 2. The van der Waals surface area contributed by atoms with Crippen LogP contribution >= 0.6 is 23.1 Å². The zero-order chi connectivity index (χ0) is 21.3. The molecule has 0 bridgehead atoms. The largest absolute Gasteiger partial charge is 0.461 e. The molecule has 0 saturated carbocycles. The van der Waals surface area contributed by atoms with Crippen LogP contribution in [-0.2, 0) is 24.2 Å². The van der Waals surface area contributed by atoms with Crippen LogP contribution in [0.3, 0.4) is 0 Å². The third-order valence-electron chi connectivity index (χ3n) is 5.12. The van der Waals surface area contributed by atoms with Crippen LogP contribution in [0.4, 0.5) is 5.00 Å². The second kappa shape index (κ2) is 8.65. The number of primary amides is 1. The van der Waals surface area contributed by atoms with Gasteiger partial charge in [0.25, 0.3) is 5.91 Å². The van der Waals surface area contributed by atoms with Gasteiger partial charge in [-0.1, -0.05) is 18.7 Å². The molecular formula is C20H23N5O3S2. The van der Waals surface area contributed by atoms with Gasteiger partial charge in [0.05, 0.1) is 17.6 Å². The van der Waals surface area contributed by atoms with Crippen LogP contribution in [0.5, 0.6) is 0 Å². The van der Waals surface area contributed by atoms with E-state index < -0.39 is 5.91 Å². The maximum Gasteiger partial charge on any atom is 0.251 e. The molecule has 1 aliphatic rings. The van der Waals surface area contributed by atoms with E-state index in [-0.39, 0.29) is 11.7 Å². The average Bonchev–Trinajstić information content (AvgIpc) is 3.43. The Morgan fingerprint density at radius 3 is 2.97 bits per heavy atom. The Hall–Kier alpha value is -2.59. The number of rotatable bonds is 7. The van der Waals surface area contributed by atoms with E-state index in [2.05, 4.69) is 22.4 Å². The lowest BCUT2D eigenvalue weighted by molar-refractivity contribution is -0.113. The molecule has 0 aromatic carbocycles. The number of fused-ring (bicyclic) bond motifs is 1. The summed E-state index contributed by atoms with van der Waals surface area (Å²) in [5.74, 6) is 1.28. The summed E-state index contributed by atoms with van der Waals surface area (Å²) in [6.07, 6.45) is 4.35. The summed E-state index contributed by atoms with van der Waals surface area (Å²) in [6.45, 7) is 4.83. The summed E-state index contributed by atoms with van der Waals surface area (Å²) < 4.78 is 7.31. The van der Waals surface area contributed by atoms with Gasteiger partial charge in [0.2, 0.25) is 5.91 Å². The second-order valence-corrected chi connectivity index (χ2v) is 9.33. The molecule has 3 aromatic rings. The van der Waals surface area contributed by atoms with E-state index in [1.165, 1.54) is 23.1 Å². The summed E-state index contributed by atoms with van der Waals surface area (Å²) in [7, 11) is 0. The van der Waals surface area contributed by atoms with Crippen LogP contribution in [0, 0.1) is 5.92 Å². The van der Waals surface area contributed by atoms with E-state index >= 15 is 0 Å². The van der Waals surface area contributed by atoms with Gasteiger partial charge in [0.1, 0.15) is 5.00 Å². The van der Waals surface area contributed by atoms with Crippen LogP contribution in [0.1, 0.15) is 41.1 Å². The Balaban J connectivity index is 1.47. The lowest BCUT2D eigenvalue weighted by Crippen LogP contribution is -2.20. The molecule has 3 heterocycles. The number of nitrogens with zero attached hydrogens (tertiary/aromatic N) is 3. The van der Waals surface area contributed by atoms with Crippen molar-refractivity contribution >= 4 is 39.9 Å². The van der Waals surface area contributed by atoms with Crippen molar-refractivity contribution in [3.63, 3.8) is 0 Å². The van der Waals surface area contributed by atoms with Crippen LogP contribution in [0.25, 0.3) is 11.6 Å². The summed E-state index contributed by atoms with van der Waals surface area (Å²) in [5, 5.41) is 12.5. The number of anilines is 1. The summed E-state index contributed by atoms with van der Waals surface area (Å²) in [5.41, 5.74) is 7.10. The fourth-order valence-corrected chi connectivity index (χ4v) is 5.90. The molecule has 8 nitrogen and oxygen atoms in total. The van der Waals surface area contributed by atoms with Crippen LogP contribution in [-0.4, -0.2) is 32.3 Å². The summed E-state index contributed by atoms with van der Waals surface area (Å²) in [4.78, 5) is 25.8. The van der Waals surface area contributed by atoms with Gasteiger partial charge in [-0.15, -0.1) is 21.5 Å². The van der Waals surface area contributed by atoms with E-state index in [1.807, 2.05) is 17.6 Å². The van der Waals surface area contributed by atoms with Crippen molar-refractivity contribution in [2.45, 2.75) is 44.8 Å². The predicted molar refractivity (Wildman–Crippen MR) is 117 cm³/mol. The monoisotopic (exact) mass is 445 g/mol. The highest BCUT2D eigenvalue weighted by atomic mass is 32.2. The molecule has 0 spiro atoms. The fraction of sp³-hybridized carbons (Fsp3) is 0.400. The molecule has 0 saturated heterocycles. The molecule has 1 aliphatic carbocycles. The molecule has 3 N–H and O–H groups in total. The van der Waals surface area contributed by atoms with E-state index in [0.29, 0.717) is 39.8 Å². The number of amides is 2. The Kier molecular flexibility index (Phi) is 5.96. The van der Waals surface area contributed by atoms with Crippen molar-refractivity contribution in [1.29, 1.82) is 0 Å². The summed E-state index contributed by atoms with van der Waals surface area (Å²) in [6, 6.07) is 3.62. The highest BCUT2D eigenvalue weighted by Gasteiger charge is 2.27. The number of furan rings is 1. The Labute approximate surface area is 182 Å². The minimum Gasteiger partial charge on any atom is -0.461 e. The molecule has 2 amide bonds. The SMILES string of the molecule is CCn1c(SCC(=O)Nc2sc3c(c2C(N)=O)CC[C@H](C)C3)nnc1-c1ccco1. The molecule has 3 aromatic heterocycles. The molecule has 30 heavy (non-hydrogen) atoms. The van der Waals surface area contributed by atoms with Crippen LogP contribution in [0.2, 0.25) is 0 Å². The number of carbonyl (C=O) groups is 2. The Morgan fingerprint density at radius 2 is 2.27 bits per heavy atom. The molecule has 10 heteroatoms. The highest BCUT2D eigenvalue weighted by molar-refractivity contribution is 7.99. The van der Waals surface area contributed by atoms with Crippen LogP contribution in [0.15, 0.2) is 28.0 Å². The van der Waals surface area contributed by atoms with Gasteiger partial charge in [-0.2, -0.15) is 0 Å². The van der Waals surface area contributed by atoms with Gasteiger partial charge < -0.3 is 15.5 Å². The Bertz CT molecular complexity index is 1070. The van der Waals surface area contributed by atoms with E-state index in [0.717, 1.165) is 29.7 Å².